The van der Waals surface area contributed by atoms with Crippen molar-refractivity contribution in [2.45, 2.75) is 129 Å². The zero-order valence-electron chi connectivity index (χ0n) is 15.8. The van der Waals surface area contributed by atoms with Gasteiger partial charge in [0.25, 0.3) is 0 Å². The molecule has 0 N–H and O–H groups in total. The Morgan fingerprint density at radius 2 is 1.04 bits per heavy atom. The third kappa shape index (κ3) is 14.0. The van der Waals surface area contributed by atoms with Gasteiger partial charge in [-0.15, -0.1) is 0 Å². The second kappa shape index (κ2) is 16.8. The lowest BCUT2D eigenvalue weighted by Crippen LogP contribution is -2.03. The van der Waals surface area contributed by atoms with Crippen molar-refractivity contribution in [3.8, 4) is 0 Å². The van der Waals surface area contributed by atoms with Gasteiger partial charge >= 0.3 is 0 Å². The lowest BCUT2D eigenvalue weighted by molar-refractivity contribution is -0.275. The summed E-state index contributed by atoms with van der Waals surface area (Å²) < 4.78 is 0. The minimum absolute atomic E-state index is 0.390. The highest BCUT2D eigenvalue weighted by Crippen LogP contribution is 2.17. The van der Waals surface area contributed by atoms with E-state index in [1.54, 1.807) is 0 Å². The summed E-state index contributed by atoms with van der Waals surface area (Å²) in [6.07, 6.45) is 25.6. The first-order valence-electron chi connectivity index (χ1n) is 10.7. The van der Waals surface area contributed by atoms with E-state index in [4.69, 9.17) is 9.78 Å². The van der Waals surface area contributed by atoms with E-state index >= 15 is 0 Å². The van der Waals surface area contributed by atoms with E-state index in [1.165, 1.54) is 109 Å². The molecule has 1 aliphatic heterocycles. The van der Waals surface area contributed by atoms with E-state index < -0.39 is 0 Å². The average molecular weight is 327 g/mol. The maximum absolute atomic E-state index is 5.18. The normalized spacial score (nSPS) is 17.9. The minimum Gasteiger partial charge on any atom is -0.236 e. The van der Waals surface area contributed by atoms with Gasteiger partial charge in [0.15, 0.2) is 0 Å². The Labute approximate surface area is 145 Å². The molecule has 2 heteroatoms. The van der Waals surface area contributed by atoms with Gasteiger partial charge in [0.2, 0.25) is 0 Å². The average Bonchev–Trinajstić information content (AvgIpc) is 3.08. The third-order valence-corrected chi connectivity index (χ3v) is 5.11. The predicted octanol–water partition coefficient (Wildman–Crippen LogP) is 7.36. The zero-order valence-corrected chi connectivity index (χ0v) is 15.8. The van der Waals surface area contributed by atoms with E-state index in [2.05, 4.69) is 6.92 Å². The number of rotatable bonds is 17. The molecule has 0 spiro atoms. The van der Waals surface area contributed by atoms with Crippen molar-refractivity contribution in [3.05, 3.63) is 0 Å². The standard InChI is InChI=1S/C21H42O2/c1-2-3-4-5-6-7-8-9-10-11-12-13-14-15-16-17-18-21-19-20-22-23-21/h21H,2-20H2,1H3. The van der Waals surface area contributed by atoms with Crippen molar-refractivity contribution in [1.82, 2.24) is 0 Å². The molecular weight excluding hydrogens is 284 g/mol. The first-order valence-corrected chi connectivity index (χ1v) is 10.7. The molecule has 1 heterocycles. The van der Waals surface area contributed by atoms with Gasteiger partial charge in [-0.3, -0.25) is 0 Å². The Bertz CT molecular complexity index is 224. The molecule has 23 heavy (non-hydrogen) atoms. The van der Waals surface area contributed by atoms with Crippen LogP contribution in [0.1, 0.15) is 122 Å². The maximum Gasteiger partial charge on any atom is 0.0953 e. The van der Waals surface area contributed by atoms with Crippen LogP contribution in [0.25, 0.3) is 0 Å². The van der Waals surface area contributed by atoms with Crippen LogP contribution in [0.2, 0.25) is 0 Å². The smallest absolute Gasteiger partial charge is 0.0953 e. The molecule has 0 bridgehead atoms. The van der Waals surface area contributed by atoms with Crippen molar-refractivity contribution >= 4 is 0 Å². The summed E-state index contributed by atoms with van der Waals surface area (Å²) in [6, 6.07) is 0. The van der Waals surface area contributed by atoms with Gasteiger partial charge in [0.1, 0.15) is 0 Å². The van der Waals surface area contributed by atoms with E-state index in [1.807, 2.05) is 0 Å². The van der Waals surface area contributed by atoms with Gasteiger partial charge in [0.05, 0.1) is 12.7 Å². The second-order valence-electron chi connectivity index (χ2n) is 7.42. The van der Waals surface area contributed by atoms with Crippen LogP contribution < -0.4 is 0 Å². The topological polar surface area (TPSA) is 18.5 Å². The molecule has 1 aliphatic rings. The van der Waals surface area contributed by atoms with E-state index in [9.17, 15) is 0 Å². The quantitative estimate of drug-likeness (QED) is 0.205. The maximum atomic E-state index is 5.18. The number of hydrogen-bond acceptors (Lipinski definition) is 2. The number of hydrogen-bond donors (Lipinski definition) is 0. The molecule has 0 aromatic heterocycles. The highest BCUT2D eigenvalue weighted by molar-refractivity contribution is 4.59. The molecule has 0 aromatic rings. The fourth-order valence-electron chi connectivity index (χ4n) is 3.48. The van der Waals surface area contributed by atoms with Crippen molar-refractivity contribution in [1.29, 1.82) is 0 Å². The molecule has 1 unspecified atom stereocenters. The van der Waals surface area contributed by atoms with Crippen LogP contribution in [0.15, 0.2) is 0 Å². The van der Waals surface area contributed by atoms with Crippen LogP contribution in [0, 0.1) is 0 Å². The Hall–Kier alpha value is -0.0800. The predicted molar refractivity (Wildman–Crippen MR) is 99.6 cm³/mol. The minimum atomic E-state index is 0.390. The monoisotopic (exact) mass is 326 g/mol. The Morgan fingerprint density at radius 3 is 1.43 bits per heavy atom. The summed E-state index contributed by atoms with van der Waals surface area (Å²) in [5, 5.41) is 0. The van der Waals surface area contributed by atoms with E-state index in [0.717, 1.165) is 13.0 Å². The van der Waals surface area contributed by atoms with Crippen LogP contribution >= 0.6 is 0 Å². The lowest BCUT2D eigenvalue weighted by atomic mass is 10.0. The molecule has 0 amide bonds. The van der Waals surface area contributed by atoms with E-state index in [-0.39, 0.29) is 0 Å². The van der Waals surface area contributed by atoms with Gasteiger partial charge in [-0.2, -0.15) is 0 Å². The van der Waals surface area contributed by atoms with Crippen molar-refractivity contribution < 1.29 is 9.78 Å². The van der Waals surface area contributed by atoms with Crippen LogP contribution in [-0.4, -0.2) is 12.7 Å². The van der Waals surface area contributed by atoms with Crippen molar-refractivity contribution in [2.75, 3.05) is 6.61 Å². The summed E-state index contributed by atoms with van der Waals surface area (Å²) in [5.41, 5.74) is 0. The second-order valence-corrected chi connectivity index (χ2v) is 7.42. The molecular formula is C21H42O2. The summed E-state index contributed by atoms with van der Waals surface area (Å²) in [6.45, 7) is 3.09. The molecule has 1 fully saturated rings. The summed E-state index contributed by atoms with van der Waals surface area (Å²) >= 11 is 0. The molecule has 0 radical (unpaired) electrons. The van der Waals surface area contributed by atoms with Crippen LogP contribution in [-0.2, 0) is 9.78 Å². The fraction of sp³-hybridized carbons (Fsp3) is 1.00. The summed E-state index contributed by atoms with van der Waals surface area (Å²) in [7, 11) is 0. The van der Waals surface area contributed by atoms with Gasteiger partial charge in [-0.25, -0.2) is 9.78 Å². The molecule has 0 aliphatic carbocycles. The molecule has 1 atom stereocenters. The van der Waals surface area contributed by atoms with Gasteiger partial charge in [-0.05, 0) is 6.42 Å². The molecule has 2 nitrogen and oxygen atoms in total. The van der Waals surface area contributed by atoms with Crippen LogP contribution in [0.4, 0.5) is 0 Å². The largest absolute Gasteiger partial charge is 0.236 e. The van der Waals surface area contributed by atoms with Gasteiger partial charge in [0, 0.05) is 6.42 Å². The number of unbranched alkanes of at least 4 members (excludes halogenated alkanes) is 15. The van der Waals surface area contributed by atoms with Gasteiger partial charge in [-0.1, -0.05) is 110 Å². The molecule has 138 valence electrons. The van der Waals surface area contributed by atoms with E-state index in [0.29, 0.717) is 6.10 Å². The van der Waals surface area contributed by atoms with Crippen LogP contribution in [0.5, 0.6) is 0 Å². The van der Waals surface area contributed by atoms with Crippen molar-refractivity contribution in [2.24, 2.45) is 0 Å². The zero-order chi connectivity index (χ0) is 16.4. The Kier molecular flexibility index (Phi) is 15.3. The first kappa shape index (κ1) is 21.0. The Balaban J connectivity index is 1.64. The highest BCUT2D eigenvalue weighted by Gasteiger charge is 2.15. The molecule has 0 saturated carbocycles. The van der Waals surface area contributed by atoms with Crippen LogP contribution in [0.3, 0.4) is 0 Å². The van der Waals surface area contributed by atoms with Crippen molar-refractivity contribution in [3.63, 3.8) is 0 Å². The summed E-state index contributed by atoms with van der Waals surface area (Å²) in [4.78, 5) is 10.1. The highest BCUT2D eigenvalue weighted by atomic mass is 17.2. The SMILES string of the molecule is CCCCCCCCCCCCCCCCCCC1CCOO1. The van der Waals surface area contributed by atoms with Gasteiger partial charge < -0.3 is 0 Å². The molecule has 1 saturated heterocycles. The lowest BCUT2D eigenvalue weighted by Gasteiger charge is -2.06. The first-order chi connectivity index (χ1) is 11.4. The molecule has 1 rings (SSSR count). The third-order valence-electron chi connectivity index (χ3n) is 5.11. The molecule has 0 aromatic carbocycles. The fourth-order valence-corrected chi connectivity index (χ4v) is 3.48. The Morgan fingerprint density at radius 1 is 0.609 bits per heavy atom. The summed E-state index contributed by atoms with van der Waals surface area (Å²) in [5.74, 6) is 0.